The number of aromatic nitrogens is 4. The van der Waals surface area contributed by atoms with Crippen LogP contribution in [-0.2, 0) is 4.74 Å². The Morgan fingerprint density at radius 2 is 1.40 bits per heavy atom. The Kier molecular flexibility index (Phi) is 5.09. The van der Waals surface area contributed by atoms with Gasteiger partial charge in [-0.05, 0) is 49.4 Å². The second-order valence-electron chi connectivity index (χ2n) is 8.40. The highest BCUT2D eigenvalue weighted by Crippen LogP contribution is 2.32. The molecule has 174 valence electrons. The largest absolute Gasteiger partial charge is 0.450 e. The van der Waals surface area contributed by atoms with E-state index in [1.165, 1.54) is 0 Å². The standard InChI is InChI=1S/C26H22N6O3/c1-2-35-26(34)32-13-11-31(12-14-32)25(33)16-7-8-19-20(15-16)30-24-18-6-4-10-28-22(18)21-17(23(24)29-19)5-3-9-27-21/h3-10,15H,2,11-14H2,1H3. The van der Waals surface area contributed by atoms with Crippen molar-refractivity contribution in [2.24, 2.45) is 0 Å². The smallest absolute Gasteiger partial charge is 0.409 e. The zero-order valence-electron chi connectivity index (χ0n) is 19.1. The summed E-state index contributed by atoms with van der Waals surface area (Å²) < 4.78 is 5.06. The number of rotatable bonds is 2. The van der Waals surface area contributed by atoms with Gasteiger partial charge >= 0.3 is 6.09 Å². The molecule has 1 aliphatic heterocycles. The van der Waals surface area contributed by atoms with Gasteiger partial charge in [-0.25, -0.2) is 14.8 Å². The molecule has 5 aromatic rings. The van der Waals surface area contributed by atoms with Gasteiger partial charge in [0.1, 0.15) is 0 Å². The van der Waals surface area contributed by atoms with Crippen molar-refractivity contribution in [2.75, 3.05) is 32.8 Å². The van der Waals surface area contributed by atoms with Crippen molar-refractivity contribution in [1.82, 2.24) is 29.7 Å². The third kappa shape index (κ3) is 3.56. The van der Waals surface area contributed by atoms with Crippen LogP contribution in [0.3, 0.4) is 0 Å². The van der Waals surface area contributed by atoms with E-state index in [4.69, 9.17) is 14.7 Å². The number of nitrogens with zero attached hydrogens (tertiary/aromatic N) is 6. The minimum Gasteiger partial charge on any atom is -0.450 e. The van der Waals surface area contributed by atoms with Crippen LogP contribution in [0.5, 0.6) is 0 Å². The van der Waals surface area contributed by atoms with Crippen LogP contribution in [0.15, 0.2) is 54.9 Å². The molecule has 1 fully saturated rings. The normalized spacial score (nSPS) is 14.2. The van der Waals surface area contributed by atoms with Crippen molar-refractivity contribution in [1.29, 1.82) is 0 Å². The van der Waals surface area contributed by atoms with Gasteiger partial charge in [-0.15, -0.1) is 0 Å². The zero-order chi connectivity index (χ0) is 23.9. The molecule has 0 saturated carbocycles. The van der Waals surface area contributed by atoms with E-state index in [1.54, 1.807) is 41.2 Å². The number of pyridine rings is 2. The molecule has 0 aliphatic carbocycles. The van der Waals surface area contributed by atoms with Crippen LogP contribution in [0.25, 0.3) is 43.9 Å². The van der Waals surface area contributed by atoms with Gasteiger partial charge in [-0.3, -0.25) is 14.8 Å². The molecule has 9 nitrogen and oxygen atoms in total. The SMILES string of the molecule is CCOC(=O)N1CCN(C(=O)c2ccc3nc4c5cccnc5c5ncccc5c4nc3c2)CC1. The van der Waals surface area contributed by atoms with Crippen LogP contribution >= 0.6 is 0 Å². The van der Waals surface area contributed by atoms with E-state index in [0.29, 0.717) is 49.4 Å². The van der Waals surface area contributed by atoms with Crippen LogP contribution in [-0.4, -0.2) is 74.5 Å². The molecule has 1 saturated heterocycles. The number of ether oxygens (including phenoxy) is 1. The predicted molar refractivity (Wildman–Crippen MR) is 132 cm³/mol. The summed E-state index contributed by atoms with van der Waals surface area (Å²) >= 11 is 0. The lowest BCUT2D eigenvalue weighted by Gasteiger charge is -2.34. The molecule has 0 atom stereocenters. The second kappa shape index (κ2) is 8.43. The van der Waals surface area contributed by atoms with Crippen LogP contribution < -0.4 is 0 Å². The van der Waals surface area contributed by atoms with Gasteiger partial charge in [0.05, 0.1) is 39.7 Å². The van der Waals surface area contributed by atoms with Gasteiger partial charge in [-0.1, -0.05) is 0 Å². The predicted octanol–water partition coefficient (Wildman–Crippen LogP) is 3.79. The number of benzene rings is 2. The second-order valence-corrected chi connectivity index (χ2v) is 8.40. The van der Waals surface area contributed by atoms with Crippen molar-refractivity contribution >= 4 is 55.9 Å². The molecule has 0 spiro atoms. The molecule has 6 rings (SSSR count). The van der Waals surface area contributed by atoms with Crippen molar-refractivity contribution in [3.63, 3.8) is 0 Å². The maximum atomic E-state index is 13.2. The van der Waals surface area contributed by atoms with Crippen LogP contribution in [0, 0.1) is 0 Å². The molecule has 9 heteroatoms. The zero-order valence-corrected chi connectivity index (χ0v) is 19.1. The van der Waals surface area contributed by atoms with E-state index in [0.717, 1.165) is 32.8 Å². The number of carbonyl (C=O) groups excluding carboxylic acids is 2. The van der Waals surface area contributed by atoms with Gasteiger partial charge in [0.25, 0.3) is 5.91 Å². The van der Waals surface area contributed by atoms with Gasteiger partial charge in [-0.2, -0.15) is 0 Å². The molecular formula is C26H22N6O3. The van der Waals surface area contributed by atoms with E-state index < -0.39 is 0 Å². The average Bonchev–Trinajstić information content (AvgIpc) is 2.92. The minimum atomic E-state index is -0.336. The highest BCUT2D eigenvalue weighted by atomic mass is 16.6. The molecule has 2 aromatic carbocycles. The van der Waals surface area contributed by atoms with Gasteiger partial charge < -0.3 is 14.5 Å². The topological polar surface area (TPSA) is 101 Å². The van der Waals surface area contributed by atoms with Gasteiger partial charge in [0, 0.05) is 54.9 Å². The molecule has 35 heavy (non-hydrogen) atoms. The fourth-order valence-electron chi connectivity index (χ4n) is 4.62. The molecule has 0 radical (unpaired) electrons. The van der Waals surface area contributed by atoms with E-state index >= 15 is 0 Å². The van der Waals surface area contributed by atoms with E-state index in [1.807, 2.05) is 30.3 Å². The highest BCUT2D eigenvalue weighted by molar-refractivity contribution is 6.21. The summed E-state index contributed by atoms with van der Waals surface area (Å²) in [6.45, 7) is 3.92. The molecule has 0 N–H and O–H groups in total. The summed E-state index contributed by atoms with van der Waals surface area (Å²) in [4.78, 5) is 47.5. The van der Waals surface area contributed by atoms with Crippen molar-refractivity contribution in [3.05, 3.63) is 60.4 Å². The van der Waals surface area contributed by atoms with E-state index in [-0.39, 0.29) is 12.0 Å². The van der Waals surface area contributed by atoms with Crippen molar-refractivity contribution < 1.29 is 14.3 Å². The summed E-state index contributed by atoms with van der Waals surface area (Å²) in [6, 6.07) is 13.1. The fraction of sp³-hybridized carbons (Fsp3) is 0.231. The van der Waals surface area contributed by atoms with E-state index in [9.17, 15) is 9.59 Å². The van der Waals surface area contributed by atoms with Crippen molar-refractivity contribution in [2.45, 2.75) is 6.92 Å². The number of carbonyl (C=O) groups is 2. The molecule has 4 heterocycles. The summed E-state index contributed by atoms with van der Waals surface area (Å²) in [5, 5.41) is 1.76. The number of piperazine rings is 1. The van der Waals surface area contributed by atoms with Crippen LogP contribution in [0.1, 0.15) is 17.3 Å². The molecule has 0 bridgehead atoms. The lowest BCUT2D eigenvalue weighted by molar-refractivity contribution is 0.0570. The first-order valence-electron chi connectivity index (χ1n) is 11.6. The maximum Gasteiger partial charge on any atom is 0.409 e. The minimum absolute atomic E-state index is 0.0912. The first kappa shape index (κ1) is 21.2. The molecule has 0 unspecified atom stereocenters. The maximum absolute atomic E-state index is 13.2. The van der Waals surface area contributed by atoms with Crippen LogP contribution in [0.2, 0.25) is 0 Å². The quantitative estimate of drug-likeness (QED) is 0.288. The Morgan fingerprint density at radius 3 is 2.03 bits per heavy atom. The highest BCUT2D eigenvalue weighted by Gasteiger charge is 2.26. The van der Waals surface area contributed by atoms with Gasteiger partial charge in [0.2, 0.25) is 0 Å². The van der Waals surface area contributed by atoms with Gasteiger partial charge in [0.15, 0.2) is 0 Å². The Balaban J connectivity index is 1.39. The first-order valence-corrected chi connectivity index (χ1v) is 11.6. The summed E-state index contributed by atoms with van der Waals surface area (Å²) in [5.74, 6) is -0.0912. The summed E-state index contributed by atoms with van der Waals surface area (Å²) in [6.07, 6.45) is 3.16. The Morgan fingerprint density at radius 1 is 0.800 bits per heavy atom. The third-order valence-corrected chi connectivity index (χ3v) is 6.35. The lowest BCUT2D eigenvalue weighted by Crippen LogP contribution is -2.50. The number of fused-ring (bicyclic) bond motifs is 7. The lowest BCUT2D eigenvalue weighted by atomic mass is 10.1. The number of hydrogen-bond acceptors (Lipinski definition) is 7. The number of amides is 2. The Labute approximate surface area is 200 Å². The Bertz CT molecular complexity index is 1630. The number of hydrogen-bond donors (Lipinski definition) is 0. The fourth-order valence-corrected chi connectivity index (χ4v) is 4.62. The van der Waals surface area contributed by atoms with E-state index in [2.05, 4.69) is 9.97 Å². The molecule has 1 aliphatic rings. The summed E-state index contributed by atoms with van der Waals surface area (Å²) in [7, 11) is 0. The average molecular weight is 467 g/mol. The molecule has 3 aromatic heterocycles. The monoisotopic (exact) mass is 466 g/mol. The summed E-state index contributed by atoms with van der Waals surface area (Å²) in [5.41, 5.74) is 4.94. The van der Waals surface area contributed by atoms with Crippen molar-refractivity contribution in [3.8, 4) is 0 Å². The Hall–Kier alpha value is -4.40. The van der Waals surface area contributed by atoms with Crippen LogP contribution in [0.4, 0.5) is 4.79 Å². The third-order valence-electron chi connectivity index (χ3n) is 6.35. The first-order chi connectivity index (χ1) is 17.1. The molecule has 2 amide bonds. The molecular weight excluding hydrogens is 444 g/mol.